The second kappa shape index (κ2) is 12.2. The van der Waals surface area contributed by atoms with Crippen LogP contribution in [0.15, 0.2) is 127 Å². The van der Waals surface area contributed by atoms with Gasteiger partial charge in [-0.05, 0) is 62.5 Å². The van der Waals surface area contributed by atoms with Gasteiger partial charge in [-0.1, -0.05) is 119 Å². The summed E-state index contributed by atoms with van der Waals surface area (Å²) in [4.78, 5) is 52.7. The Labute approximate surface area is 274 Å². The first kappa shape index (κ1) is 29.3. The van der Waals surface area contributed by atoms with Crippen LogP contribution in [-0.4, -0.2) is 33.4 Å². The average Bonchev–Trinajstić information content (AvgIpc) is 3.49. The van der Waals surface area contributed by atoms with Crippen molar-refractivity contribution in [2.45, 2.75) is 18.4 Å². The van der Waals surface area contributed by atoms with Crippen LogP contribution in [0.25, 0.3) is 21.5 Å². The topological polar surface area (TPSA) is 74.8 Å². The van der Waals surface area contributed by atoms with E-state index in [1.54, 1.807) is 48.5 Å². The van der Waals surface area contributed by atoms with Crippen molar-refractivity contribution in [3.8, 4) is 0 Å². The first-order chi connectivity index (χ1) is 22.5. The molecule has 2 heterocycles. The van der Waals surface area contributed by atoms with Gasteiger partial charge in [-0.3, -0.25) is 29.0 Å². The molecule has 0 atom stereocenters. The fraction of sp³-hybridized carbons (Fsp3) is 0.0769. The fourth-order valence-electron chi connectivity index (χ4n) is 6.21. The Morgan fingerprint density at radius 1 is 0.391 bits per heavy atom. The number of halogens is 1. The van der Waals surface area contributed by atoms with Gasteiger partial charge in [-0.15, -0.1) is 0 Å². The van der Waals surface area contributed by atoms with Crippen LogP contribution in [0.3, 0.4) is 0 Å². The zero-order chi connectivity index (χ0) is 31.8. The summed E-state index contributed by atoms with van der Waals surface area (Å²) < 4.78 is 0. The fourth-order valence-corrected chi connectivity index (χ4v) is 6.70. The van der Waals surface area contributed by atoms with E-state index in [2.05, 4.69) is 22.0 Å². The summed E-state index contributed by atoms with van der Waals surface area (Å²) in [5.74, 6) is -0.865. The van der Waals surface area contributed by atoms with Crippen molar-refractivity contribution in [1.82, 2.24) is 9.80 Å². The van der Waals surface area contributed by atoms with Crippen molar-refractivity contribution in [1.29, 1.82) is 0 Å². The molecule has 6 nitrogen and oxygen atoms in total. The number of imide groups is 2. The normalized spacial score (nSPS) is 13.7. The van der Waals surface area contributed by atoms with Crippen molar-refractivity contribution >= 4 is 61.1 Å². The van der Waals surface area contributed by atoms with Gasteiger partial charge in [-0.2, -0.15) is 0 Å². The first-order valence-corrected chi connectivity index (χ1v) is 16.0. The molecular formula is C39H27BrN2O4. The lowest BCUT2D eigenvalue weighted by Crippen LogP contribution is -2.29. The summed E-state index contributed by atoms with van der Waals surface area (Å²) in [5.41, 5.74) is 5.11. The second-order valence-corrected chi connectivity index (χ2v) is 11.7. The van der Waals surface area contributed by atoms with Crippen LogP contribution < -0.4 is 0 Å². The first-order valence-electron chi connectivity index (χ1n) is 14.9. The van der Waals surface area contributed by atoms with E-state index >= 15 is 0 Å². The van der Waals surface area contributed by atoms with E-state index < -0.39 is 0 Å². The predicted molar refractivity (Wildman–Crippen MR) is 182 cm³/mol. The standard InChI is InChI=1S/C20H14BrNO2.C19H13NO2/c21-11-13-9-10-14(16-6-2-1-5-15(13)16)12-22-19(23)17-7-3-4-8-18(17)20(22)24;21-18-16-10-3-4-11-17(16)19(22)20(18)12-14-8-5-7-13-6-1-2-9-15(13)14/h1-10H,11-12H2;1-11H,12H2. The van der Waals surface area contributed by atoms with Crippen LogP contribution in [0.1, 0.15) is 58.1 Å². The molecule has 6 aromatic carbocycles. The van der Waals surface area contributed by atoms with E-state index in [4.69, 9.17) is 0 Å². The van der Waals surface area contributed by atoms with E-state index in [0.29, 0.717) is 28.8 Å². The Kier molecular flexibility index (Phi) is 7.76. The van der Waals surface area contributed by atoms with Crippen molar-refractivity contribution in [3.63, 3.8) is 0 Å². The van der Waals surface area contributed by atoms with Gasteiger partial charge in [0.1, 0.15) is 0 Å². The van der Waals surface area contributed by atoms with Gasteiger partial charge >= 0.3 is 0 Å². The quantitative estimate of drug-likeness (QED) is 0.137. The van der Waals surface area contributed by atoms with Crippen LogP contribution in [0.2, 0.25) is 0 Å². The third kappa shape index (κ3) is 5.08. The molecule has 46 heavy (non-hydrogen) atoms. The molecule has 0 aromatic heterocycles. The largest absolute Gasteiger partial charge is 0.270 e. The number of benzene rings is 6. The molecule has 0 saturated carbocycles. The predicted octanol–water partition coefficient (Wildman–Crippen LogP) is 8.17. The van der Waals surface area contributed by atoms with Crippen molar-refractivity contribution < 1.29 is 19.2 Å². The molecule has 0 aliphatic carbocycles. The number of carbonyl (C=O) groups is 4. The maximum atomic E-state index is 12.6. The number of carbonyl (C=O) groups excluding carboxylic acids is 4. The molecule has 4 amide bonds. The zero-order valence-electron chi connectivity index (χ0n) is 24.7. The molecule has 6 aromatic rings. The summed E-state index contributed by atoms with van der Waals surface area (Å²) in [5, 5.41) is 5.16. The average molecular weight is 668 g/mol. The monoisotopic (exact) mass is 666 g/mol. The summed E-state index contributed by atoms with van der Waals surface area (Å²) in [7, 11) is 0. The molecule has 7 heteroatoms. The van der Waals surface area contributed by atoms with Crippen LogP contribution in [-0.2, 0) is 18.4 Å². The minimum Gasteiger partial charge on any atom is -0.270 e. The van der Waals surface area contributed by atoms with Crippen molar-refractivity contribution in [3.05, 3.63) is 166 Å². The summed E-state index contributed by atoms with van der Waals surface area (Å²) in [6, 6.07) is 40.0. The van der Waals surface area contributed by atoms with E-state index in [1.807, 2.05) is 72.8 Å². The third-order valence-electron chi connectivity index (χ3n) is 8.54. The number of fused-ring (bicyclic) bond motifs is 4. The molecular weight excluding hydrogens is 640 g/mol. The van der Waals surface area contributed by atoms with Crippen molar-refractivity contribution in [2.24, 2.45) is 0 Å². The van der Waals surface area contributed by atoms with Crippen molar-refractivity contribution in [2.75, 3.05) is 0 Å². The maximum Gasteiger partial charge on any atom is 0.261 e. The lowest BCUT2D eigenvalue weighted by molar-refractivity contribution is 0.0628. The van der Waals surface area contributed by atoms with Gasteiger partial charge in [0.05, 0.1) is 35.3 Å². The number of rotatable bonds is 5. The number of hydrogen-bond acceptors (Lipinski definition) is 4. The van der Waals surface area contributed by atoms with Gasteiger partial charge in [0, 0.05) is 5.33 Å². The van der Waals surface area contributed by atoms with Crippen LogP contribution in [0, 0.1) is 0 Å². The van der Waals surface area contributed by atoms with Gasteiger partial charge in [0.15, 0.2) is 0 Å². The maximum absolute atomic E-state index is 12.6. The molecule has 0 spiro atoms. The smallest absolute Gasteiger partial charge is 0.261 e. The Morgan fingerprint density at radius 3 is 1.26 bits per heavy atom. The molecule has 0 bridgehead atoms. The molecule has 0 N–H and O–H groups in total. The highest BCUT2D eigenvalue weighted by Crippen LogP contribution is 2.30. The highest BCUT2D eigenvalue weighted by atomic mass is 79.9. The molecule has 0 fully saturated rings. The number of amides is 4. The highest BCUT2D eigenvalue weighted by Gasteiger charge is 2.36. The van der Waals surface area contributed by atoms with Gasteiger partial charge in [0.25, 0.3) is 23.6 Å². The number of nitrogens with zero attached hydrogens (tertiary/aromatic N) is 2. The van der Waals surface area contributed by atoms with Gasteiger partial charge in [-0.25, -0.2) is 0 Å². The SMILES string of the molecule is O=C1c2ccccc2C(=O)N1Cc1ccc(CBr)c2ccccc12.O=C1c2ccccc2C(=O)N1Cc1cccc2ccccc12. The third-order valence-corrected chi connectivity index (χ3v) is 9.15. The second-order valence-electron chi connectivity index (χ2n) is 11.2. The van der Waals surface area contributed by atoms with Gasteiger partial charge < -0.3 is 0 Å². The molecule has 8 rings (SSSR count). The number of alkyl halides is 1. The highest BCUT2D eigenvalue weighted by molar-refractivity contribution is 9.08. The van der Waals surface area contributed by atoms with Crippen LogP contribution in [0.5, 0.6) is 0 Å². The van der Waals surface area contributed by atoms with E-state index in [0.717, 1.165) is 38.0 Å². The lowest BCUT2D eigenvalue weighted by Gasteiger charge is -2.16. The van der Waals surface area contributed by atoms with Crippen LogP contribution in [0.4, 0.5) is 0 Å². The van der Waals surface area contributed by atoms with Gasteiger partial charge in [0.2, 0.25) is 0 Å². The zero-order valence-corrected chi connectivity index (χ0v) is 26.2. The molecule has 2 aliphatic rings. The lowest BCUT2D eigenvalue weighted by atomic mass is 10.00. The molecule has 224 valence electrons. The Hall–Kier alpha value is -5.40. The van der Waals surface area contributed by atoms with E-state index in [-0.39, 0.29) is 30.2 Å². The number of hydrogen-bond donors (Lipinski definition) is 0. The molecule has 0 unspecified atom stereocenters. The summed E-state index contributed by atoms with van der Waals surface area (Å²) in [6.45, 7) is 0.586. The van der Waals surface area contributed by atoms with Crippen LogP contribution >= 0.6 is 15.9 Å². The Morgan fingerprint density at radius 2 is 0.761 bits per heavy atom. The van der Waals surface area contributed by atoms with E-state index in [1.165, 1.54) is 15.4 Å². The summed E-state index contributed by atoms with van der Waals surface area (Å²) >= 11 is 3.51. The Bertz CT molecular complexity index is 2130. The molecule has 2 aliphatic heterocycles. The minimum absolute atomic E-state index is 0.214. The Balaban J connectivity index is 0.000000147. The summed E-state index contributed by atoms with van der Waals surface area (Å²) in [6.07, 6.45) is 0. The minimum atomic E-state index is -0.218. The van der Waals surface area contributed by atoms with E-state index in [9.17, 15) is 19.2 Å². The molecule has 0 radical (unpaired) electrons. The molecule has 0 saturated heterocycles.